The Morgan fingerprint density at radius 1 is 1.18 bits per heavy atom. The molecule has 8 heteroatoms. The van der Waals surface area contributed by atoms with E-state index in [-0.39, 0.29) is 29.8 Å². The number of H-pyrrole nitrogens is 1. The van der Waals surface area contributed by atoms with Gasteiger partial charge in [-0.1, -0.05) is 32.0 Å². The quantitative estimate of drug-likeness (QED) is 0.303. The topological polar surface area (TPSA) is 58.2 Å². The van der Waals surface area contributed by atoms with Crippen LogP contribution in [-0.4, -0.2) is 46.6 Å². The van der Waals surface area contributed by atoms with Crippen LogP contribution in [0.3, 0.4) is 0 Å². The minimum atomic E-state index is -3.30. The van der Waals surface area contributed by atoms with Gasteiger partial charge in [-0.05, 0) is 68.6 Å². The summed E-state index contributed by atoms with van der Waals surface area (Å²) >= 11 is 0. The molecule has 5 nitrogen and oxygen atoms in total. The summed E-state index contributed by atoms with van der Waals surface area (Å²) in [6.07, 6.45) is 2.73. The lowest BCUT2D eigenvalue weighted by Crippen LogP contribution is -2.52. The number of nitrogens with zero attached hydrogens (tertiary/aromatic N) is 2. The number of carbonyl (C=O) groups excluding carboxylic acids is 1. The lowest BCUT2D eigenvalue weighted by atomic mass is 9.64. The van der Waals surface area contributed by atoms with Crippen LogP contribution in [0.1, 0.15) is 68.8 Å². The highest BCUT2D eigenvalue weighted by Gasteiger charge is 2.58. The van der Waals surface area contributed by atoms with Crippen molar-refractivity contribution in [3.8, 4) is 0 Å². The van der Waals surface area contributed by atoms with Crippen molar-refractivity contribution in [1.82, 2.24) is 14.9 Å². The van der Waals surface area contributed by atoms with Crippen LogP contribution in [0.15, 0.2) is 42.5 Å². The van der Waals surface area contributed by atoms with E-state index in [9.17, 15) is 9.18 Å². The molecular weight excluding hydrogens is 491 g/mol. The number of hydrogen-bond acceptors (Lipinski definition) is 4. The molecule has 0 spiro atoms. The molecule has 2 atom stereocenters. The maximum atomic E-state index is 15.6. The molecule has 1 aromatic heterocycles. The van der Waals surface area contributed by atoms with Crippen LogP contribution in [0, 0.1) is 17.7 Å². The highest BCUT2D eigenvalue weighted by atomic mass is 19.3. The average Bonchev–Trinajstić information content (AvgIpc) is 3.63. The Bertz CT molecular complexity index is 1270. The molecule has 0 radical (unpaired) electrons. The van der Waals surface area contributed by atoms with Gasteiger partial charge in [0.2, 0.25) is 0 Å². The number of aromatic nitrogens is 2. The first kappa shape index (κ1) is 26.7. The van der Waals surface area contributed by atoms with Gasteiger partial charge in [-0.3, -0.25) is 4.79 Å². The summed E-state index contributed by atoms with van der Waals surface area (Å²) in [5.74, 6) is -4.19. The number of esters is 1. The van der Waals surface area contributed by atoms with E-state index < -0.39 is 29.7 Å². The van der Waals surface area contributed by atoms with E-state index >= 15 is 8.78 Å². The van der Waals surface area contributed by atoms with Crippen molar-refractivity contribution in [3.05, 3.63) is 65.2 Å². The number of para-hydroxylation sites is 2. The number of imidazole rings is 1. The second kappa shape index (κ2) is 10.4. The second-order valence-electron chi connectivity index (χ2n) is 11.5. The Morgan fingerprint density at radius 2 is 1.95 bits per heavy atom. The summed E-state index contributed by atoms with van der Waals surface area (Å²) in [6.45, 7) is 5.15. The Kier molecular flexibility index (Phi) is 7.29. The number of alkyl halides is 2. The first-order valence-corrected chi connectivity index (χ1v) is 13.6. The molecule has 1 fully saturated rings. The maximum absolute atomic E-state index is 15.6. The first-order valence-electron chi connectivity index (χ1n) is 13.6. The van der Waals surface area contributed by atoms with E-state index in [2.05, 4.69) is 14.9 Å². The van der Waals surface area contributed by atoms with Gasteiger partial charge < -0.3 is 14.6 Å². The summed E-state index contributed by atoms with van der Waals surface area (Å²) < 4.78 is 51.3. The van der Waals surface area contributed by atoms with Crippen LogP contribution >= 0.6 is 0 Å². The third kappa shape index (κ3) is 5.46. The van der Waals surface area contributed by atoms with Gasteiger partial charge >= 0.3 is 5.97 Å². The van der Waals surface area contributed by atoms with Crippen molar-refractivity contribution in [1.29, 1.82) is 0 Å². The van der Waals surface area contributed by atoms with Crippen molar-refractivity contribution >= 4 is 17.0 Å². The highest BCUT2D eigenvalue weighted by Crippen LogP contribution is 2.56. The van der Waals surface area contributed by atoms with Crippen molar-refractivity contribution in [2.75, 3.05) is 20.1 Å². The lowest BCUT2D eigenvalue weighted by Gasteiger charge is -2.49. The minimum absolute atomic E-state index is 0.0827. The molecule has 0 unspecified atom stereocenters. The van der Waals surface area contributed by atoms with Gasteiger partial charge in [0.05, 0.1) is 23.4 Å². The Morgan fingerprint density at radius 3 is 2.66 bits per heavy atom. The number of halogens is 3. The van der Waals surface area contributed by atoms with E-state index in [4.69, 9.17) is 4.74 Å². The largest absolute Gasteiger partial charge is 0.458 e. The third-order valence-corrected chi connectivity index (χ3v) is 8.02. The fourth-order valence-electron chi connectivity index (χ4n) is 6.08. The van der Waals surface area contributed by atoms with E-state index in [1.54, 1.807) is 0 Å². The van der Waals surface area contributed by atoms with Crippen LogP contribution in [0.25, 0.3) is 11.0 Å². The van der Waals surface area contributed by atoms with Crippen molar-refractivity contribution < 1.29 is 22.7 Å². The number of fused-ring (bicyclic) bond motifs is 2. The van der Waals surface area contributed by atoms with Crippen LogP contribution in [0.2, 0.25) is 0 Å². The van der Waals surface area contributed by atoms with Crippen LogP contribution < -0.4 is 0 Å². The number of aromatic amines is 1. The zero-order valence-electron chi connectivity index (χ0n) is 22.3. The molecule has 1 heterocycles. The molecule has 5 rings (SSSR count). The number of benzene rings is 2. The fourth-order valence-corrected chi connectivity index (χ4v) is 6.08. The molecule has 0 bridgehead atoms. The van der Waals surface area contributed by atoms with Crippen LogP contribution in [0.5, 0.6) is 0 Å². The molecule has 3 aromatic rings. The SMILES string of the molecule is CC(C)[C@@H]1c2ccc(F)cc2C(F)(F)C[C@@]1(CCN(C)CCCc1nc2ccccc2[nH]1)OC(=O)C1CC1. The Hall–Kier alpha value is -2.87. The molecule has 204 valence electrons. The number of nitrogens with one attached hydrogen (secondary N) is 1. The predicted molar refractivity (Wildman–Crippen MR) is 141 cm³/mol. The fraction of sp³-hybridized carbons (Fsp3) is 0.533. The van der Waals surface area contributed by atoms with Crippen molar-refractivity contribution in [3.63, 3.8) is 0 Å². The molecule has 2 aromatic carbocycles. The number of aryl methyl sites for hydroxylation is 1. The Balaban J connectivity index is 1.33. The molecular formula is C30H36F3N3O2. The molecule has 0 amide bonds. The second-order valence-corrected chi connectivity index (χ2v) is 11.5. The van der Waals surface area contributed by atoms with E-state index in [1.165, 1.54) is 12.1 Å². The number of rotatable bonds is 10. The van der Waals surface area contributed by atoms with Gasteiger partial charge in [-0.15, -0.1) is 0 Å². The number of hydrogen-bond donors (Lipinski definition) is 1. The highest BCUT2D eigenvalue weighted by molar-refractivity contribution is 5.76. The summed E-state index contributed by atoms with van der Waals surface area (Å²) in [5.41, 5.74) is 0.680. The molecule has 0 aliphatic heterocycles. The van der Waals surface area contributed by atoms with Crippen LogP contribution in [0.4, 0.5) is 13.2 Å². The number of carbonyl (C=O) groups is 1. The van der Waals surface area contributed by atoms with Gasteiger partial charge in [-0.25, -0.2) is 18.2 Å². The van der Waals surface area contributed by atoms with Crippen molar-refractivity contribution in [2.45, 2.75) is 69.8 Å². The monoisotopic (exact) mass is 527 g/mol. The standard InChI is InChI=1S/C30H36F3N3O2/c1-19(2)27-22-13-12-21(31)17-23(22)30(32,33)18-29(27,38-28(37)20-10-11-20)14-16-36(3)15-6-9-26-34-24-7-4-5-8-25(24)35-26/h4-5,7-8,12-13,17,19-20,27H,6,9-11,14-16,18H2,1-3H3,(H,34,35)/t27-,29-/m1/s1. The zero-order valence-corrected chi connectivity index (χ0v) is 22.3. The van der Waals surface area contributed by atoms with Gasteiger partial charge in [0.1, 0.15) is 17.2 Å². The normalized spacial score (nSPS) is 22.7. The zero-order chi connectivity index (χ0) is 27.1. The van der Waals surface area contributed by atoms with E-state index in [1.807, 2.05) is 45.2 Å². The van der Waals surface area contributed by atoms with Gasteiger partial charge in [0, 0.05) is 30.9 Å². The number of ether oxygens (including phenoxy) is 1. The molecule has 38 heavy (non-hydrogen) atoms. The van der Waals surface area contributed by atoms with Crippen LogP contribution in [-0.2, 0) is 21.9 Å². The summed E-state index contributed by atoms with van der Waals surface area (Å²) in [5, 5.41) is 0. The smallest absolute Gasteiger partial charge is 0.309 e. The molecule has 0 saturated heterocycles. The summed E-state index contributed by atoms with van der Waals surface area (Å²) in [6, 6.07) is 11.5. The molecule has 1 saturated carbocycles. The first-order chi connectivity index (χ1) is 18.1. The molecule has 2 aliphatic rings. The lowest BCUT2D eigenvalue weighted by molar-refractivity contribution is -0.186. The van der Waals surface area contributed by atoms with E-state index in [0.29, 0.717) is 12.1 Å². The van der Waals surface area contributed by atoms with Gasteiger partial charge in [0.15, 0.2) is 0 Å². The Labute approximate surface area is 221 Å². The van der Waals surface area contributed by atoms with Gasteiger partial charge in [-0.2, -0.15) is 0 Å². The van der Waals surface area contributed by atoms with E-state index in [0.717, 1.165) is 55.2 Å². The summed E-state index contributed by atoms with van der Waals surface area (Å²) in [7, 11) is 1.96. The van der Waals surface area contributed by atoms with Gasteiger partial charge in [0.25, 0.3) is 5.92 Å². The minimum Gasteiger partial charge on any atom is -0.458 e. The maximum Gasteiger partial charge on any atom is 0.309 e. The predicted octanol–water partition coefficient (Wildman–Crippen LogP) is 6.58. The molecule has 2 aliphatic carbocycles. The van der Waals surface area contributed by atoms with Crippen molar-refractivity contribution in [2.24, 2.45) is 11.8 Å². The summed E-state index contributed by atoms with van der Waals surface area (Å²) in [4.78, 5) is 23.0. The molecule has 1 N–H and O–H groups in total. The average molecular weight is 528 g/mol. The third-order valence-electron chi connectivity index (χ3n) is 8.02.